The zero-order valence-electron chi connectivity index (χ0n) is 6.35. The number of carbonyl (C=O) groups excluding carboxylic acids is 1. The molecular formula is C8H12ClNO. The summed E-state index contributed by atoms with van der Waals surface area (Å²) in [4.78, 5) is 10.5. The number of allylic oxidation sites excluding steroid dienone is 2. The fourth-order valence-electron chi connectivity index (χ4n) is 1.37. The third-order valence-corrected chi connectivity index (χ3v) is 2.19. The number of hydrogen-bond acceptors (Lipinski definition) is 1. The van der Waals surface area contributed by atoms with Gasteiger partial charge in [-0.15, -0.1) is 0 Å². The number of primary amides is 1. The van der Waals surface area contributed by atoms with Crippen molar-refractivity contribution in [3.8, 4) is 0 Å². The van der Waals surface area contributed by atoms with Crippen LogP contribution in [0.15, 0.2) is 11.1 Å². The molecule has 1 aliphatic rings. The van der Waals surface area contributed by atoms with Gasteiger partial charge in [0.15, 0.2) is 0 Å². The van der Waals surface area contributed by atoms with Gasteiger partial charge < -0.3 is 5.73 Å². The van der Waals surface area contributed by atoms with E-state index in [1.807, 2.05) is 6.08 Å². The topological polar surface area (TPSA) is 43.1 Å². The summed E-state index contributed by atoms with van der Waals surface area (Å²) in [5.74, 6) is 0.0476. The normalized spacial score (nSPS) is 24.5. The first-order valence-corrected chi connectivity index (χ1v) is 4.21. The first-order chi connectivity index (χ1) is 5.18. The van der Waals surface area contributed by atoms with Crippen LogP contribution in [0.5, 0.6) is 0 Å². The van der Waals surface area contributed by atoms with E-state index in [0.29, 0.717) is 6.42 Å². The Kier molecular flexibility index (Phi) is 2.94. The monoisotopic (exact) mass is 173 g/mol. The summed E-state index contributed by atoms with van der Waals surface area (Å²) in [6.45, 7) is 0. The van der Waals surface area contributed by atoms with Crippen molar-refractivity contribution in [2.75, 3.05) is 0 Å². The van der Waals surface area contributed by atoms with E-state index in [1.165, 1.54) is 0 Å². The van der Waals surface area contributed by atoms with Gasteiger partial charge in [0.1, 0.15) is 0 Å². The average molecular weight is 174 g/mol. The van der Waals surface area contributed by atoms with Crippen LogP contribution in [0.3, 0.4) is 0 Å². The summed E-state index contributed by atoms with van der Waals surface area (Å²) in [6, 6.07) is 0. The van der Waals surface area contributed by atoms with Crippen molar-refractivity contribution in [3.05, 3.63) is 11.1 Å². The van der Waals surface area contributed by atoms with Crippen LogP contribution in [-0.2, 0) is 4.79 Å². The van der Waals surface area contributed by atoms with Crippen molar-refractivity contribution in [1.82, 2.24) is 0 Å². The minimum Gasteiger partial charge on any atom is -0.370 e. The number of nitrogens with two attached hydrogens (primary N) is 1. The molecule has 0 aromatic heterocycles. The lowest BCUT2D eigenvalue weighted by Gasteiger charge is -2.16. The van der Waals surface area contributed by atoms with Crippen molar-refractivity contribution >= 4 is 17.5 Å². The maximum Gasteiger partial charge on any atom is 0.218 e. The second-order valence-corrected chi connectivity index (χ2v) is 3.42. The van der Waals surface area contributed by atoms with E-state index in [4.69, 9.17) is 17.3 Å². The molecule has 0 radical (unpaired) electrons. The lowest BCUT2D eigenvalue weighted by molar-refractivity contribution is -0.118. The number of hydrogen-bond donors (Lipinski definition) is 1. The van der Waals surface area contributed by atoms with Crippen LogP contribution < -0.4 is 5.73 Å². The van der Waals surface area contributed by atoms with Crippen LogP contribution in [0.25, 0.3) is 0 Å². The number of amides is 1. The van der Waals surface area contributed by atoms with Crippen molar-refractivity contribution in [1.29, 1.82) is 0 Å². The Morgan fingerprint density at radius 1 is 1.82 bits per heavy atom. The molecule has 3 heteroatoms. The van der Waals surface area contributed by atoms with Gasteiger partial charge in [-0.1, -0.05) is 17.7 Å². The van der Waals surface area contributed by atoms with Crippen LogP contribution >= 0.6 is 11.6 Å². The third kappa shape index (κ3) is 2.93. The van der Waals surface area contributed by atoms with Gasteiger partial charge in [-0.05, 0) is 25.2 Å². The summed E-state index contributed by atoms with van der Waals surface area (Å²) in [5, 5.41) is 0.877. The van der Waals surface area contributed by atoms with E-state index in [0.717, 1.165) is 24.3 Å². The van der Waals surface area contributed by atoms with E-state index in [9.17, 15) is 4.79 Å². The van der Waals surface area contributed by atoms with Crippen LogP contribution in [0.4, 0.5) is 0 Å². The van der Waals surface area contributed by atoms with E-state index in [-0.39, 0.29) is 11.8 Å². The van der Waals surface area contributed by atoms with Crippen molar-refractivity contribution in [2.45, 2.75) is 25.7 Å². The number of rotatable bonds is 2. The van der Waals surface area contributed by atoms with Crippen molar-refractivity contribution in [3.63, 3.8) is 0 Å². The molecule has 0 aromatic carbocycles. The van der Waals surface area contributed by atoms with E-state index < -0.39 is 0 Å². The standard InChI is InChI=1S/C8H12ClNO/c9-7-3-1-2-6(4-7)5-8(10)11/h4,6H,1-3,5H2,(H2,10,11). The van der Waals surface area contributed by atoms with Gasteiger partial charge in [0.25, 0.3) is 0 Å². The number of carbonyl (C=O) groups is 1. The first-order valence-electron chi connectivity index (χ1n) is 3.83. The Labute approximate surface area is 71.4 Å². The summed E-state index contributed by atoms with van der Waals surface area (Å²) < 4.78 is 0. The highest BCUT2D eigenvalue weighted by molar-refractivity contribution is 6.29. The molecule has 1 aliphatic carbocycles. The average Bonchev–Trinajstić information content (AvgIpc) is 1.85. The lowest BCUT2D eigenvalue weighted by atomic mass is 9.93. The molecular weight excluding hydrogens is 162 g/mol. The van der Waals surface area contributed by atoms with Crippen molar-refractivity contribution < 1.29 is 4.79 Å². The highest BCUT2D eigenvalue weighted by Gasteiger charge is 2.14. The van der Waals surface area contributed by atoms with Gasteiger partial charge >= 0.3 is 0 Å². The smallest absolute Gasteiger partial charge is 0.218 e. The molecule has 0 aliphatic heterocycles. The quantitative estimate of drug-likeness (QED) is 0.680. The zero-order chi connectivity index (χ0) is 8.27. The summed E-state index contributed by atoms with van der Waals surface area (Å²) in [7, 11) is 0. The molecule has 0 spiro atoms. The molecule has 1 unspecified atom stereocenters. The summed E-state index contributed by atoms with van der Waals surface area (Å²) in [5.41, 5.74) is 5.06. The summed E-state index contributed by atoms with van der Waals surface area (Å²) in [6.07, 6.45) is 5.47. The maximum atomic E-state index is 10.5. The maximum absolute atomic E-state index is 10.5. The van der Waals surface area contributed by atoms with Gasteiger partial charge in [0.05, 0.1) is 0 Å². The zero-order valence-corrected chi connectivity index (χ0v) is 7.10. The Morgan fingerprint density at radius 3 is 3.09 bits per heavy atom. The Hall–Kier alpha value is -0.500. The fourth-order valence-corrected chi connectivity index (χ4v) is 1.69. The van der Waals surface area contributed by atoms with E-state index in [2.05, 4.69) is 0 Å². The van der Waals surface area contributed by atoms with Gasteiger partial charge in [-0.25, -0.2) is 0 Å². The predicted molar refractivity (Wildman–Crippen MR) is 45.1 cm³/mol. The van der Waals surface area contributed by atoms with Crippen LogP contribution in [0.2, 0.25) is 0 Å². The first kappa shape index (κ1) is 8.60. The molecule has 0 saturated carbocycles. The summed E-state index contributed by atoms with van der Waals surface area (Å²) >= 11 is 5.80. The second-order valence-electron chi connectivity index (χ2n) is 2.94. The van der Waals surface area contributed by atoms with E-state index >= 15 is 0 Å². The molecule has 0 heterocycles. The molecule has 11 heavy (non-hydrogen) atoms. The van der Waals surface area contributed by atoms with Crippen molar-refractivity contribution in [2.24, 2.45) is 11.7 Å². The highest BCUT2D eigenvalue weighted by atomic mass is 35.5. The van der Waals surface area contributed by atoms with Gasteiger partial charge in [0, 0.05) is 11.5 Å². The van der Waals surface area contributed by atoms with Crippen LogP contribution in [-0.4, -0.2) is 5.91 Å². The highest BCUT2D eigenvalue weighted by Crippen LogP contribution is 2.26. The molecule has 1 atom stereocenters. The molecule has 0 aromatic rings. The molecule has 1 amide bonds. The van der Waals surface area contributed by atoms with Gasteiger partial charge in [-0.3, -0.25) is 4.79 Å². The fraction of sp³-hybridized carbons (Fsp3) is 0.625. The Bertz CT molecular complexity index is 189. The molecule has 0 bridgehead atoms. The predicted octanol–water partition coefficient (Wildman–Crippen LogP) is 1.78. The third-order valence-electron chi connectivity index (χ3n) is 1.87. The second kappa shape index (κ2) is 3.77. The molecule has 2 nitrogen and oxygen atoms in total. The van der Waals surface area contributed by atoms with Crippen LogP contribution in [0.1, 0.15) is 25.7 Å². The minimum atomic E-state index is -0.238. The SMILES string of the molecule is NC(=O)CC1C=C(Cl)CCC1. The molecule has 2 N–H and O–H groups in total. The Morgan fingerprint density at radius 2 is 2.55 bits per heavy atom. The molecule has 0 saturated heterocycles. The minimum absolute atomic E-state index is 0.238. The lowest BCUT2D eigenvalue weighted by Crippen LogP contribution is -2.16. The van der Waals surface area contributed by atoms with E-state index in [1.54, 1.807) is 0 Å². The Balaban J connectivity index is 2.46. The largest absolute Gasteiger partial charge is 0.370 e. The van der Waals surface area contributed by atoms with Crippen LogP contribution in [0, 0.1) is 5.92 Å². The molecule has 62 valence electrons. The number of halogens is 1. The van der Waals surface area contributed by atoms with Gasteiger partial charge in [-0.2, -0.15) is 0 Å². The van der Waals surface area contributed by atoms with Gasteiger partial charge in [0.2, 0.25) is 5.91 Å². The molecule has 0 fully saturated rings. The molecule has 1 rings (SSSR count).